The van der Waals surface area contributed by atoms with Gasteiger partial charge in [0.15, 0.2) is 0 Å². The smallest absolute Gasteiger partial charge is 0.125 e. The van der Waals surface area contributed by atoms with Crippen LogP contribution in [-0.4, -0.2) is 16.1 Å². The van der Waals surface area contributed by atoms with Crippen molar-refractivity contribution in [3.63, 3.8) is 0 Å². The summed E-state index contributed by atoms with van der Waals surface area (Å²) >= 11 is 0. The molecule has 0 amide bonds. The summed E-state index contributed by atoms with van der Waals surface area (Å²) in [5.74, 6) is 9.47. The molecular weight excluding hydrogens is 489 g/mol. The Morgan fingerprint density at radius 1 is 0.421 bits per heavy atom. The highest BCUT2D eigenvalue weighted by Gasteiger charge is 2.43. The summed E-state index contributed by atoms with van der Waals surface area (Å²) in [6, 6.07) is 0. The van der Waals surface area contributed by atoms with Crippen LogP contribution in [0.1, 0.15) is 147 Å². The summed E-state index contributed by atoms with van der Waals surface area (Å²) in [7, 11) is -3.59. The zero-order chi connectivity index (χ0) is 28.7. The third-order valence-electron chi connectivity index (χ3n) is 10.9. The van der Waals surface area contributed by atoms with Crippen LogP contribution >= 0.6 is 0 Å². The summed E-state index contributed by atoms with van der Waals surface area (Å²) < 4.78 is 0. The first-order chi connectivity index (χ1) is 17.8. The van der Waals surface area contributed by atoms with Crippen molar-refractivity contribution in [1.82, 2.24) is 0 Å². The summed E-state index contributed by atoms with van der Waals surface area (Å²) in [4.78, 5) is 0. The first kappa shape index (κ1) is 33.5. The van der Waals surface area contributed by atoms with Crippen LogP contribution in [0.15, 0.2) is 11.1 Å². The van der Waals surface area contributed by atoms with Gasteiger partial charge in [0.1, 0.15) is 16.1 Å². The van der Waals surface area contributed by atoms with Gasteiger partial charge in [-0.05, 0) is 70.8 Å². The van der Waals surface area contributed by atoms with E-state index in [0.717, 1.165) is 0 Å². The van der Waals surface area contributed by atoms with Crippen LogP contribution in [-0.2, 0) is 0 Å². The molecule has 0 unspecified atom stereocenters. The van der Waals surface area contributed by atoms with Gasteiger partial charge in [0.05, 0.1) is 0 Å². The molecule has 0 nitrogen and oxygen atoms in total. The molecule has 2 rings (SSSR count). The molecule has 0 radical (unpaired) electrons. The normalized spacial score (nSPS) is 19.2. The van der Waals surface area contributed by atoms with E-state index in [0.29, 0.717) is 45.1 Å². The summed E-state index contributed by atoms with van der Waals surface area (Å²) in [6.07, 6.45) is 13.5. The second-order valence-corrected chi connectivity index (χ2v) is 26.0. The van der Waals surface area contributed by atoms with Gasteiger partial charge in [-0.2, -0.15) is 0 Å². The highest BCUT2D eigenvalue weighted by atomic mass is 28.3. The van der Waals surface area contributed by atoms with E-state index in [4.69, 9.17) is 0 Å². The van der Waals surface area contributed by atoms with E-state index in [1.165, 1.54) is 75.4 Å². The molecule has 0 heterocycles. The summed E-state index contributed by atoms with van der Waals surface area (Å²) in [5, 5.41) is 0. The summed E-state index contributed by atoms with van der Waals surface area (Å²) in [6.45, 7) is 29.5. The Balaban J connectivity index is 2.89. The van der Waals surface area contributed by atoms with Crippen molar-refractivity contribution < 1.29 is 0 Å². The zero-order valence-electron chi connectivity index (χ0n) is 27.7. The minimum absolute atomic E-state index is 0.633. The van der Waals surface area contributed by atoms with Gasteiger partial charge >= 0.3 is 0 Å². The van der Waals surface area contributed by atoms with Crippen molar-refractivity contribution in [3.8, 4) is 22.9 Å². The molecule has 0 bridgehead atoms. The standard InChI is InChI=1S/C36H64Si2/c1-27(2)37(28(3)4,29(5)6)25-23-35(33-19-15-13-16-20-33)36(34-21-17-14-18-22-34)24-26-38(30(7)8,31(9)10)32(11)12/h27-34H,13-22H2,1-12H3. The lowest BCUT2D eigenvalue weighted by Gasteiger charge is -2.38. The van der Waals surface area contributed by atoms with Gasteiger partial charge in [-0.1, -0.05) is 133 Å². The molecule has 0 atom stereocenters. The molecule has 0 N–H and O–H groups in total. The van der Waals surface area contributed by atoms with E-state index < -0.39 is 16.1 Å². The van der Waals surface area contributed by atoms with Gasteiger partial charge < -0.3 is 0 Å². The molecule has 0 spiro atoms. The Morgan fingerprint density at radius 3 is 0.868 bits per heavy atom. The third kappa shape index (κ3) is 7.32. The Kier molecular flexibility index (Phi) is 13.0. The van der Waals surface area contributed by atoms with Crippen LogP contribution in [0.2, 0.25) is 33.2 Å². The molecule has 0 aromatic heterocycles. The van der Waals surface area contributed by atoms with E-state index in [-0.39, 0.29) is 0 Å². The maximum Gasteiger partial charge on any atom is 0.146 e. The number of hydrogen-bond acceptors (Lipinski definition) is 0. The summed E-state index contributed by atoms with van der Waals surface area (Å²) in [5.41, 5.74) is 15.5. The zero-order valence-corrected chi connectivity index (χ0v) is 29.7. The highest BCUT2D eigenvalue weighted by Crippen LogP contribution is 2.44. The first-order valence-corrected chi connectivity index (χ1v) is 21.1. The average Bonchev–Trinajstić information content (AvgIpc) is 2.85. The van der Waals surface area contributed by atoms with Gasteiger partial charge in [-0.3, -0.25) is 0 Å². The molecule has 38 heavy (non-hydrogen) atoms. The third-order valence-corrected chi connectivity index (χ3v) is 23.5. The minimum atomic E-state index is -1.80. The van der Waals surface area contributed by atoms with Crippen molar-refractivity contribution in [2.24, 2.45) is 11.8 Å². The predicted molar refractivity (Wildman–Crippen MR) is 178 cm³/mol. The highest BCUT2D eigenvalue weighted by molar-refractivity contribution is 6.91. The Labute approximate surface area is 242 Å². The average molecular weight is 553 g/mol. The molecule has 0 aromatic carbocycles. The Bertz CT molecular complexity index is 764. The maximum atomic E-state index is 4.19. The fourth-order valence-corrected chi connectivity index (χ4v) is 19.2. The van der Waals surface area contributed by atoms with Gasteiger partial charge in [-0.15, -0.1) is 11.1 Å². The van der Waals surface area contributed by atoms with Gasteiger partial charge in [0, 0.05) is 11.1 Å². The SMILES string of the molecule is CC(C)[Si](C#CC(=C(C#C[Si](C(C)C)(C(C)C)C(C)C)C1CCCCC1)C1CCCCC1)(C(C)C)C(C)C. The molecule has 0 aliphatic heterocycles. The van der Waals surface area contributed by atoms with Crippen molar-refractivity contribution >= 4 is 16.1 Å². The van der Waals surface area contributed by atoms with Crippen molar-refractivity contribution in [2.75, 3.05) is 0 Å². The van der Waals surface area contributed by atoms with Gasteiger partial charge in [-0.25, -0.2) is 0 Å². The number of hydrogen-bond donors (Lipinski definition) is 0. The van der Waals surface area contributed by atoms with Crippen molar-refractivity contribution in [2.45, 2.75) is 181 Å². The molecule has 2 aliphatic carbocycles. The van der Waals surface area contributed by atoms with E-state index in [1.54, 1.807) is 0 Å². The van der Waals surface area contributed by atoms with Crippen molar-refractivity contribution in [1.29, 1.82) is 0 Å². The Morgan fingerprint density at radius 2 is 0.658 bits per heavy atom. The molecule has 2 heteroatoms. The minimum Gasteiger partial charge on any atom is -0.125 e. The fraction of sp³-hybridized carbons (Fsp3) is 0.833. The molecule has 2 aliphatic rings. The maximum absolute atomic E-state index is 4.19. The second kappa shape index (κ2) is 14.8. The topological polar surface area (TPSA) is 0 Å². The monoisotopic (exact) mass is 552 g/mol. The van der Waals surface area contributed by atoms with E-state index >= 15 is 0 Å². The lowest BCUT2D eigenvalue weighted by Crippen LogP contribution is -2.43. The van der Waals surface area contributed by atoms with Crippen LogP contribution in [0, 0.1) is 34.8 Å². The lowest BCUT2D eigenvalue weighted by atomic mass is 9.76. The molecule has 2 fully saturated rings. The molecule has 2 saturated carbocycles. The van der Waals surface area contributed by atoms with E-state index in [9.17, 15) is 0 Å². The van der Waals surface area contributed by atoms with Crippen molar-refractivity contribution in [3.05, 3.63) is 11.1 Å². The number of rotatable bonds is 8. The van der Waals surface area contributed by atoms with E-state index in [1.807, 2.05) is 0 Å². The predicted octanol–water partition coefficient (Wildman–Crippen LogP) is 11.9. The van der Waals surface area contributed by atoms with Crippen LogP contribution < -0.4 is 0 Å². The quantitative estimate of drug-likeness (QED) is 0.207. The first-order valence-electron chi connectivity index (χ1n) is 16.6. The largest absolute Gasteiger partial charge is 0.146 e. The van der Waals surface area contributed by atoms with Crippen LogP contribution in [0.25, 0.3) is 0 Å². The van der Waals surface area contributed by atoms with Crippen LogP contribution in [0.4, 0.5) is 0 Å². The van der Waals surface area contributed by atoms with Gasteiger partial charge in [0.2, 0.25) is 0 Å². The second-order valence-electron chi connectivity index (χ2n) is 14.8. The lowest BCUT2D eigenvalue weighted by molar-refractivity contribution is 0.386. The molecule has 0 aromatic rings. The Hall–Kier alpha value is -0.706. The number of allylic oxidation sites excluding steroid dienone is 2. The molecular formula is C36H64Si2. The van der Waals surface area contributed by atoms with Crippen LogP contribution in [0.3, 0.4) is 0 Å². The van der Waals surface area contributed by atoms with Gasteiger partial charge in [0.25, 0.3) is 0 Å². The fourth-order valence-electron chi connectivity index (χ4n) is 8.78. The van der Waals surface area contributed by atoms with Crippen LogP contribution in [0.5, 0.6) is 0 Å². The molecule has 216 valence electrons. The van der Waals surface area contributed by atoms with E-state index in [2.05, 4.69) is 106 Å². The molecule has 0 saturated heterocycles.